The fourth-order valence-electron chi connectivity index (χ4n) is 4.95. The van der Waals surface area contributed by atoms with Gasteiger partial charge in [0.2, 0.25) is 0 Å². The number of furan rings is 1. The molecule has 0 radical (unpaired) electrons. The minimum atomic E-state index is -0.756. The Morgan fingerprint density at radius 1 is 1.00 bits per heavy atom. The molecule has 1 saturated carbocycles. The van der Waals surface area contributed by atoms with Crippen LogP contribution in [0.25, 0.3) is 0 Å². The first-order valence-corrected chi connectivity index (χ1v) is 12.3. The van der Waals surface area contributed by atoms with Gasteiger partial charge in [-0.05, 0) is 60.4 Å². The van der Waals surface area contributed by atoms with E-state index < -0.39 is 24.0 Å². The molecule has 1 aromatic heterocycles. The topological polar surface area (TPSA) is 72.1 Å². The summed E-state index contributed by atoms with van der Waals surface area (Å²) in [6.07, 6.45) is 5.25. The lowest BCUT2D eigenvalue weighted by molar-refractivity contribution is -0.157. The molecule has 2 aliphatic rings. The predicted octanol–water partition coefficient (Wildman–Crippen LogP) is 6.32. The molecule has 0 N–H and O–H groups in total. The molecule has 1 amide bonds. The van der Waals surface area contributed by atoms with Gasteiger partial charge in [-0.15, -0.1) is 0 Å². The zero-order valence-corrected chi connectivity index (χ0v) is 20.5. The Labute approximate surface area is 213 Å². The van der Waals surface area contributed by atoms with Gasteiger partial charge in [0.1, 0.15) is 11.8 Å². The molecule has 1 aliphatic heterocycles. The number of esters is 1. The fraction of sp³-hybridized carbons (Fsp3) is 0.296. The van der Waals surface area contributed by atoms with Crippen molar-refractivity contribution in [3.05, 3.63) is 93.9 Å². The smallest absolute Gasteiger partial charge is 0.317 e. The maximum atomic E-state index is 13.3. The van der Waals surface area contributed by atoms with Gasteiger partial charge < -0.3 is 9.15 Å². The summed E-state index contributed by atoms with van der Waals surface area (Å²) in [6, 6.07) is 17.8. The quantitative estimate of drug-likeness (QED) is 0.363. The molecule has 180 valence electrons. The summed E-state index contributed by atoms with van der Waals surface area (Å²) in [6.45, 7) is -0.400. The molecule has 8 heteroatoms. The summed E-state index contributed by atoms with van der Waals surface area (Å²) < 4.78 is 11.2. The van der Waals surface area contributed by atoms with Gasteiger partial charge in [0.25, 0.3) is 5.91 Å². The zero-order chi connectivity index (χ0) is 24.4. The van der Waals surface area contributed by atoms with Crippen LogP contribution >= 0.6 is 23.2 Å². The highest BCUT2D eigenvalue weighted by molar-refractivity contribution is 6.31. The van der Waals surface area contributed by atoms with Crippen LogP contribution in [0.1, 0.15) is 55.0 Å². The molecule has 0 unspecified atom stereocenters. The minimum Gasteiger partial charge on any atom is -0.467 e. The van der Waals surface area contributed by atoms with Crippen LogP contribution in [-0.2, 0) is 19.7 Å². The van der Waals surface area contributed by atoms with E-state index in [9.17, 15) is 9.59 Å². The second-order valence-corrected chi connectivity index (χ2v) is 9.77. The van der Waals surface area contributed by atoms with Crippen molar-refractivity contribution < 1.29 is 18.7 Å². The minimum absolute atomic E-state index is 0.388. The number of amides is 1. The number of carbonyl (C=O) groups excluding carboxylic acids is 2. The van der Waals surface area contributed by atoms with Crippen molar-refractivity contribution in [1.29, 1.82) is 0 Å². The van der Waals surface area contributed by atoms with Crippen molar-refractivity contribution in [1.82, 2.24) is 5.01 Å². The first-order chi connectivity index (χ1) is 17.0. The highest BCUT2D eigenvalue weighted by atomic mass is 35.5. The van der Waals surface area contributed by atoms with Gasteiger partial charge in [-0.25, -0.2) is 5.01 Å². The van der Waals surface area contributed by atoms with Crippen molar-refractivity contribution in [2.75, 3.05) is 6.61 Å². The Hall–Kier alpha value is -3.09. The van der Waals surface area contributed by atoms with E-state index in [1.807, 2.05) is 30.3 Å². The first-order valence-electron chi connectivity index (χ1n) is 11.6. The van der Waals surface area contributed by atoms with Crippen LogP contribution in [0.5, 0.6) is 0 Å². The summed E-state index contributed by atoms with van der Waals surface area (Å²) in [7, 11) is 0. The van der Waals surface area contributed by atoms with Crippen LogP contribution in [-0.4, -0.2) is 29.2 Å². The van der Waals surface area contributed by atoms with Gasteiger partial charge in [0.15, 0.2) is 6.61 Å². The molecule has 1 fully saturated rings. The van der Waals surface area contributed by atoms with E-state index >= 15 is 0 Å². The van der Waals surface area contributed by atoms with E-state index in [2.05, 4.69) is 5.10 Å². The van der Waals surface area contributed by atoms with Crippen LogP contribution in [0.15, 0.2) is 76.4 Å². The van der Waals surface area contributed by atoms with Crippen LogP contribution < -0.4 is 0 Å². The summed E-state index contributed by atoms with van der Waals surface area (Å²) in [5, 5.41) is 7.17. The van der Waals surface area contributed by atoms with Crippen molar-refractivity contribution in [3.63, 3.8) is 0 Å². The number of carbonyl (C=O) groups is 2. The first kappa shape index (κ1) is 23.6. The van der Waals surface area contributed by atoms with E-state index in [4.69, 9.17) is 32.4 Å². The number of rotatable bonds is 6. The Balaban J connectivity index is 1.34. The SMILES string of the molecule is O=C(COC(=O)C1(c2ccc(Cl)cc2)CCCC1)N1N=C(c2ccc(Cl)cc2)C[C@H]1c1ccco1. The molecule has 35 heavy (non-hydrogen) atoms. The Morgan fingerprint density at radius 3 is 2.29 bits per heavy atom. The molecular formula is C27H24Cl2N2O4. The van der Waals surface area contributed by atoms with Crippen molar-refractivity contribution in [2.24, 2.45) is 5.10 Å². The molecule has 1 atom stereocenters. The maximum Gasteiger partial charge on any atom is 0.317 e. The third kappa shape index (κ3) is 4.73. The average molecular weight is 511 g/mol. The Bertz CT molecular complexity index is 1230. The second-order valence-electron chi connectivity index (χ2n) is 8.90. The van der Waals surface area contributed by atoms with E-state index in [1.54, 1.807) is 36.6 Å². The number of hydrazone groups is 1. The van der Waals surface area contributed by atoms with E-state index in [1.165, 1.54) is 5.01 Å². The average Bonchev–Trinajstić information content (AvgIpc) is 3.64. The zero-order valence-electron chi connectivity index (χ0n) is 19.0. The van der Waals surface area contributed by atoms with Gasteiger partial charge >= 0.3 is 5.97 Å². The molecule has 6 nitrogen and oxygen atoms in total. The van der Waals surface area contributed by atoms with Gasteiger partial charge in [0, 0.05) is 16.5 Å². The van der Waals surface area contributed by atoms with Crippen LogP contribution in [0.3, 0.4) is 0 Å². The summed E-state index contributed by atoms with van der Waals surface area (Å²) in [5.74, 6) is -0.180. The standard InChI is InChI=1S/C27H24Cl2N2O4/c28-20-9-5-18(6-10-20)22-16-23(24-4-3-15-34-24)31(30-22)25(32)17-35-26(33)27(13-1-2-14-27)19-7-11-21(29)12-8-19/h3-12,15,23H,1-2,13-14,16-17H2/t23-/m0/s1. The summed E-state index contributed by atoms with van der Waals surface area (Å²) >= 11 is 12.1. The lowest BCUT2D eigenvalue weighted by Crippen LogP contribution is -2.38. The van der Waals surface area contributed by atoms with Crippen molar-refractivity contribution in [2.45, 2.75) is 43.6 Å². The molecular weight excluding hydrogens is 487 g/mol. The molecule has 0 bridgehead atoms. The summed E-state index contributed by atoms with van der Waals surface area (Å²) in [5.41, 5.74) is 1.71. The predicted molar refractivity (Wildman–Crippen MR) is 133 cm³/mol. The van der Waals surface area contributed by atoms with Crippen molar-refractivity contribution >= 4 is 40.8 Å². The van der Waals surface area contributed by atoms with Crippen LogP contribution in [0.4, 0.5) is 0 Å². The summed E-state index contributed by atoms with van der Waals surface area (Å²) in [4.78, 5) is 26.6. The number of benzene rings is 2. The fourth-order valence-corrected chi connectivity index (χ4v) is 5.20. The molecule has 2 aromatic carbocycles. The molecule has 5 rings (SSSR count). The van der Waals surface area contributed by atoms with Gasteiger partial charge in [0.05, 0.1) is 17.4 Å². The van der Waals surface area contributed by atoms with Crippen LogP contribution in [0, 0.1) is 0 Å². The third-order valence-electron chi connectivity index (χ3n) is 6.79. The monoisotopic (exact) mass is 510 g/mol. The third-order valence-corrected chi connectivity index (χ3v) is 7.29. The van der Waals surface area contributed by atoms with Crippen molar-refractivity contribution in [3.8, 4) is 0 Å². The number of hydrogen-bond donors (Lipinski definition) is 0. The van der Waals surface area contributed by atoms with E-state index in [-0.39, 0.29) is 5.97 Å². The highest BCUT2D eigenvalue weighted by Crippen LogP contribution is 2.42. The molecule has 2 heterocycles. The number of nitrogens with zero attached hydrogens (tertiary/aromatic N) is 2. The van der Waals surface area contributed by atoms with E-state index in [0.717, 1.165) is 29.7 Å². The van der Waals surface area contributed by atoms with E-state index in [0.29, 0.717) is 35.1 Å². The maximum absolute atomic E-state index is 13.3. The highest BCUT2D eigenvalue weighted by Gasteiger charge is 2.45. The molecule has 0 saturated heterocycles. The molecule has 1 aliphatic carbocycles. The normalized spacial score (nSPS) is 19.0. The Kier molecular flexibility index (Phi) is 6.67. The van der Waals surface area contributed by atoms with Gasteiger partial charge in [-0.1, -0.05) is 60.3 Å². The molecule has 0 spiro atoms. The van der Waals surface area contributed by atoms with Gasteiger partial charge in [-0.2, -0.15) is 5.10 Å². The second kappa shape index (κ2) is 9.88. The Morgan fingerprint density at radius 2 is 1.66 bits per heavy atom. The molecule has 3 aromatic rings. The number of ether oxygens (including phenoxy) is 1. The lowest BCUT2D eigenvalue weighted by atomic mass is 9.79. The lowest BCUT2D eigenvalue weighted by Gasteiger charge is -2.28. The number of halogens is 2. The largest absolute Gasteiger partial charge is 0.467 e. The van der Waals surface area contributed by atoms with Crippen LogP contribution in [0.2, 0.25) is 10.0 Å². The number of hydrogen-bond acceptors (Lipinski definition) is 5. The van der Waals surface area contributed by atoms with Gasteiger partial charge in [-0.3, -0.25) is 9.59 Å².